The van der Waals surface area contributed by atoms with Crippen LogP contribution < -0.4 is 0 Å². The van der Waals surface area contributed by atoms with Crippen molar-refractivity contribution in [2.24, 2.45) is 5.41 Å². The number of unbranched alkanes of at least 4 members (excludes halogenated alkanes) is 1. The molecule has 1 rings (SSSR count). The molecule has 0 saturated carbocycles. The number of hydrogen-bond acceptors (Lipinski definition) is 4. The molecule has 0 bridgehead atoms. The van der Waals surface area contributed by atoms with Crippen LogP contribution in [0, 0.1) is 5.41 Å². The molecule has 6 heteroatoms. The van der Waals surface area contributed by atoms with E-state index in [1.54, 1.807) is 11.0 Å². The van der Waals surface area contributed by atoms with Gasteiger partial charge in [0.1, 0.15) is 29.8 Å². The first-order valence-electron chi connectivity index (χ1n) is 6.68. The van der Waals surface area contributed by atoms with Crippen LogP contribution in [-0.2, 0) is 17.7 Å². The third-order valence-electron chi connectivity index (χ3n) is 3.41. The standard InChI is InChI=1S/C13H25N3O2S/c1-5-6-7-19(18)9-13(17,12(2,3)4)8-16-11-14-10-15-16/h10-11,17H,5-9H2,1-4H3. The fourth-order valence-corrected chi connectivity index (χ4v) is 3.54. The molecule has 0 aliphatic heterocycles. The van der Waals surface area contributed by atoms with Crippen molar-refractivity contribution in [1.82, 2.24) is 14.8 Å². The molecule has 0 saturated heterocycles. The zero-order chi connectivity index (χ0) is 14.5. The monoisotopic (exact) mass is 287 g/mol. The smallest absolute Gasteiger partial charge is 0.137 e. The Morgan fingerprint density at radius 3 is 2.53 bits per heavy atom. The van der Waals surface area contributed by atoms with E-state index >= 15 is 0 Å². The van der Waals surface area contributed by atoms with E-state index in [0.29, 0.717) is 12.3 Å². The maximum absolute atomic E-state index is 12.1. The van der Waals surface area contributed by atoms with Gasteiger partial charge in [0.25, 0.3) is 0 Å². The van der Waals surface area contributed by atoms with Gasteiger partial charge in [0, 0.05) is 0 Å². The fraction of sp³-hybridized carbons (Fsp3) is 0.846. The highest BCUT2D eigenvalue weighted by molar-refractivity contribution is 7.91. The summed E-state index contributed by atoms with van der Waals surface area (Å²) in [7, 11) is 0. The summed E-state index contributed by atoms with van der Waals surface area (Å²) in [6.07, 6.45) is 4.96. The molecular weight excluding hydrogens is 262 g/mol. The van der Waals surface area contributed by atoms with Crippen LogP contribution in [0.4, 0.5) is 0 Å². The molecule has 2 atom stereocenters. The molecular formula is C13H25N3O2S. The van der Waals surface area contributed by atoms with Gasteiger partial charge in [0.05, 0.1) is 6.54 Å². The minimum Gasteiger partial charge on any atom is -0.616 e. The maximum Gasteiger partial charge on any atom is 0.137 e. The van der Waals surface area contributed by atoms with Crippen LogP contribution in [0.15, 0.2) is 12.7 Å². The third kappa shape index (κ3) is 4.78. The average Bonchev–Trinajstić information content (AvgIpc) is 2.77. The number of rotatable bonds is 7. The zero-order valence-electron chi connectivity index (χ0n) is 12.3. The molecule has 5 nitrogen and oxygen atoms in total. The van der Waals surface area contributed by atoms with Crippen molar-refractivity contribution >= 4 is 11.2 Å². The molecule has 110 valence electrons. The topological polar surface area (TPSA) is 74.0 Å². The summed E-state index contributed by atoms with van der Waals surface area (Å²) >= 11 is -1.01. The Kier molecular flexibility index (Phi) is 5.82. The van der Waals surface area contributed by atoms with E-state index in [-0.39, 0.29) is 11.2 Å². The lowest BCUT2D eigenvalue weighted by Crippen LogP contribution is -2.52. The molecule has 0 radical (unpaired) electrons. The summed E-state index contributed by atoms with van der Waals surface area (Å²) in [5, 5.41) is 14.9. The van der Waals surface area contributed by atoms with Crippen molar-refractivity contribution in [3.05, 3.63) is 12.7 Å². The predicted molar refractivity (Wildman–Crippen MR) is 77.2 cm³/mol. The van der Waals surface area contributed by atoms with Gasteiger partial charge in [-0.1, -0.05) is 45.3 Å². The van der Waals surface area contributed by atoms with Gasteiger partial charge in [0.15, 0.2) is 0 Å². The van der Waals surface area contributed by atoms with E-state index in [1.807, 2.05) is 20.8 Å². The molecule has 0 aliphatic rings. The van der Waals surface area contributed by atoms with Gasteiger partial charge in [-0.2, -0.15) is 5.10 Å². The molecule has 1 aromatic rings. The van der Waals surface area contributed by atoms with Crippen molar-refractivity contribution in [3.63, 3.8) is 0 Å². The average molecular weight is 287 g/mol. The van der Waals surface area contributed by atoms with Crippen LogP contribution in [0.25, 0.3) is 0 Å². The van der Waals surface area contributed by atoms with E-state index in [1.165, 1.54) is 6.33 Å². The molecule has 0 aromatic carbocycles. The fourth-order valence-electron chi connectivity index (χ4n) is 1.73. The molecule has 0 amide bonds. The van der Waals surface area contributed by atoms with E-state index in [4.69, 9.17) is 0 Å². The van der Waals surface area contributed by atoms with E-state index in [0.717, 1.165) is 12.8 Å². The lowest BCUT2D eigenvalue weighted by Gasteiger charge is -2.39. The largest absolute Gasteiger partial charge is 0.616 e. The number of nitrogens with zero attached hydrogens (tertiary/aromatic N) is 3. The van der Waals surface area contributed by atoms with Crippen molar-refractivity contribution in [2.45, 2.75) is 52.7 Å². The lowest BCUT2D eigenvalue weighted by molar-refractivity contribution is -0.0540. The highest BCUT2D eigenvalue weighted by Crippen LogP contribution is 2.33. The van der Waals surface area contributed by atoms with Gasteiger partial charge in [0.2, 0.25) is 0 Å². The summed E-state index contributed by atoms with van der Waals surface area (Å²) in [5.41, 5.74) is -1.43. The van der Waals surface area contributed by atoms with Gasteiger partial charge < -0.3 is 9.66 Å². The summed E-state index contributed by atoms with van der Waals surface area (Å²) in [4.78, 5) is 3.88. The summed E-state index contributed by atoms with van der Waals surface area (Å²) in [5.74, 6) is 0.919. The van der Waals surface area contributed by atoms with Crippen LogP contribution in [0.3, 0.4) is 0 Å². The Hall–Kier alpha value is -0.590. The summed E-state index contributed by atoms with van der Waals surface area (Å²) < 4.78 is 13.7. The van der Waals surface area contributed by atoms with Crippen LogP contribution in [0.2, 0.25) is 0 Å². The second-order valence-corrected chi connectivity index (χ2v) is 7.59. The van der Waals surface area contributed by atoms with Crippen LogP contribution in [-0.4, -0.2) is 41.5 Å². The van der Waals surface area contributed by atoms with Crippen LogP contribution in [0.5, 0.6) is 0 Å². The number of aliphatic hydroxyl groups is 1. The van der Waals surface area contributed by atoms with E-state index in [9.17, 15) is 9.66 Å². The summed E-state index contributed by atoms with van der Waals surface area (Å²) in [6, 6.07) is 0. The second kappa shape index (κ2) is 6.72. The Labute approximate surface area is 118 Å². The zero-order valence-corrected chi connectivity index (χ0v) is 13.1. The van der Waals surface area contributed by atoms with Crippen LogP contribution >= 0.6 is 0 Å². The normalized spacial score (nSPS) is 17.2. The first-order chi connectivity index (χ1) is 8.78. The lowest BCUT2D eigenvalue weighted by atomic mass is 9.77. The van der Waals surface area contributed by atoms with Crippen molar-refractivity contribution in [1.29, 1.82) is 0 Å². The summed E-state index contributed by atoms with van der Waals surface area (Å²) in [6.45, 7) is 8.26. The first kappa shape index (κ1) is 16.5. The maximum atomic E-state index is 12.1. The minimum absolute atomic E-state index is 0.274. The molecule has 0 aliphatic carbocycles. The molecule has 1 aromatic heterocycles. The van der Waals surface area contributed by atoms with Gasteiger partial charge in [-0.25, -0.2) is 9.67 Å². The Bertz CT molecular complexity index is 364. The molecule has 19 heavy (non-hydrogen) atoms. The quantitative estimate of drug-likeness (QED) is 0.773. The highest BCUT2D eigenvalue weighted by Gasteiger charge is 2.44. The Morgan fingerprint density at radius 2 is 2.05 bits per heavy atom. The number of aromatic nitrogens is 3. The van der Waals surface area contributed by atoms with Crippen molar-refractivity contribution < 1.29 is 9.66 Å². The molecule has 0 spiro atoms. The van der Waals surface area contributed by atoms with Gasteiger partial charge >= 0.3 is 0 Å². The van der Waals surface area contributed by atoms with Crippen molar-refractivity contribution in [3.8, 4) is 0 Å². The number of hydrogen-bond donors (Lipinski definition) is 1. The highest BCUT2D eigenvalue weighted by atomic mass is 32.2. The van der Waals surface area contributed by atoms with Crippen molar-refractivity contribution in [2.75, 3.05) is 11.5 Å². The van der Waals surface area contributed by atoms with Crippen LogP contribution in [0.1, 0.15) is 40.5 Å². The van der Waals surface area contributed by atoms with Gasteiger partial charge in [-0.3, -0.25) is 0 Å². The Morgan fingerprint density at radius 1 is 1.37 bits per heavy atom. The first-order valence-corrected chi connectivity index (χ1v) is 8.17. The minimum atomic E-state index is -1.06. The van der Waals surface area contributed by atoms with Gasteiger partial charge in [-0.15, -0.1) is 0 Å². The van der Waals surface area contributed by atoms with Gasteiger partial charge in [-0.05, 0) is 11.8 Å². The Balaban J connectivity index is 2.76. The SMILES string of the molecule is CCCC[S+]([O-])CC(O)(Cn1cncn1)C(C)(C)C. The van der Waals surface area contributed by atoms with E-state index in [2.05, 4.69) is 17.0 Å². The second-order valence-electron chi connectivity index (χ2n) is 6.02. The molecule has 1 N–H and O–H groups in total. The molecule has 0 fully saturated rings. The molecule has 1 heterocycles. The predicted octanol–water partition coefficient (Wildman–Crippen LogP) is 1.60. The molecule has 2 unspecified atom stereocenters. The third-order valence-corrected chi connectivity index (χ3v) is 4.96. The van der Waals surface area contributed by atoms with E-state index < -0.39 is 16.8 Å².